The molecule has 0 bridgehead atoms. The zero-order chi connectivity index (χ0) is 13.7. The number of hydrogen-bond acceptors (Lipinski definition) is 4. The Morgan fingerprint density at radius 3 is 2.70 bits per heavy atom. The van der Waals surface area contributed by atoms with Crippen molar-refractivity contribution in [1.82, 2.24) is 9.97 Å². The van der Waals surface area contributed by atoms with E-state index < -0.39 is 5.97 Å². The Balaban J connectivity index is 2.22. The van der Waals surface area contributed by atoms with E-state index in [1.807, 2.05) is 24.3 Å². The SMILES string of the molecule is O=C(O)c1cccc2nc3sc4ccccc4c3nc12. The molecule has 4 rings (SSSR count). The molecule has 4 nitrogen and oxygen atoms in total. The smallest absolute Gasteiger partial charge is 0.337 e. The molecule has 96 valence electrons. The van der Waals surface area contributed by atoms with Crippen molar-refractivity contribution in [2.24, 2.45) is 0 Å². The highest BCUT2D eigenvalue weighted by Gasteiger charge is 2.14. The number of carbonyl (C=O) groups is 1. The molecule has 5 heteroatoms. The van der Waals surface area contributed by atoms with Crippen molar-refractivity contribution in [1.29, 1.82) is 0 Å². The summed E-state index contributed by atoms with van der Waals surface area (Å²) in [4.78, 5) is 21.2. The summed E-state index contributed by atoms with van der Waals surface area (Å²) < 4.78 is 1.11. The van der Waals surface area contributed by atoms with Gasteiger partial charge in [-0.15, -0.1) is 11.3 Å². The fourth-order valence-electron chi connectivity index (χ4n) is 2.34. The number of carboxylic acid groups (broad SMARTS) is 1. The molecular formula is C15H8N2O2S. The molecule has 0 spiro atoms. The molecule has 0 radical (unpaired) electrons. The highest BCUT2D eigenvalue weighted by Crippen LogP contribution is 2.32. The zero-order valence-corrected chi connectivity index (χ0v) is 11.0. The quantitative estimate of drug-likeness (QED) is 0.577. The van der Waals surface area contributed by atoms with Gasteiger partial charge in [0, 0.05) is 10.1 Å². The van der Waals surface area contributed by atoms with Crippen molar-refractivity contribution in [2.45, 2.75) is 0 Å². The predicted octanol–water partition coefficient (Wildman–Crippen LogP) is 3.70. The number of rotatable bonds is 1. The predicted molar refractivity (Wildman–Crippen MR) is 79.4 cm³/mol. The first kappa shape index (κ1) is 11.3. The molecule has 0 saturated carbocycles. The lowest BCUT2D eigenvalue weighted by Crippen LogP contribution is -1.99. The molecule has 0 atom stereocenters. The van der Waals surface area contributed by atoms with Gasteiger partial charge < -0.3 is 5.11 Å². The summed E-state index contributed by atoms with van der Waals surface area (Å²) in [6.07, 6.45) is 0. The average molecular weight is 280 g/mol. The van der Waals surface area contributed by atoms with Crippen LogP contribution in [0.25, 0.3) is 31.5 Å². The maximum Gasteiger partial charge on any atom is 0.337 e. The summed E-state index contributed by atoms with van der Waals surface area (Å²) >= 11 is 1.57. The van der Waals surface area contributed by atoms with Crippen LogP contribution in [-0.2, 0) is 0 Å². The molecule has 2 aromatic carbocycles. The topological polar surface area (TPSA) is 63.1 Å². The van der Waals surface area contributed by atoms with Gasteiger partial charge >= 0.3 is 5.97 Å². The molecule has 20 heavy (non-hydrogen) atoms. The van der Waals surface area contributed by atoms with Crippen LogP contribution in [0.4, 0.5) is 0 Å². The second-order valence-electron chi connectivity index (χ2n) is 4.45. The number of aromatic nitrogens is 2. The van der Waals surface area contributed by atoms with Crippen molar-refractivity contribution in [3.8, 4) is 0 Å². The minimum absolute atomic E-state index is 0.187. The van der Waals surface area contributed by atoms with Crippen molar-refractivity contribution >= 4 is 48.8 Å². The first-order valence-corrected chi connectivity index (χ1v) is 6.87. The maximum absolute atomic E-state index is 11.3. The maximum atomic E-state index is 11.3. The van der Waals surface area contributed by atoms with Crippen LogP contribution in [-0.4, -0.2) is 21.0 Å². The first-order valence-electron chi connectivity index (χ1n) is 6.05. The van der Waals surface area contributed by atoms with Gasteiger partial charge in [0.1, 0.15) is 15.9 Å². The van der Waals surface area contributed by atoms with Gasteiger partial charge in [0.2, 0.25) is 0 Å². The van der Waals surface area contributed by atoms with Crippen molar-refractivity contribution in [3.63, 3.8) is 0 Å². The van der Waals surface area contributed by atoms with Crippen LogP contribution in [0, 0.1) is 0 Å². The highest BCUT2D eigenvalue weighted by atomic mass is 32.1. The molecule has 0 saturated heterocycles. The molecule has 4 aromatic rings. The van der Waals surface area contributed by atoms with Gasteiger partial charge in [-0.25, -0.2) is 14.8 Å². The third-order valence-electron chi connectivity index (χ3n) is 3.24. The molecular weight excluding hydrogens is 272 g/mol. The van der Waals surface area contributed by atoms with E-state index in [4.69, 9.17) is 0 Å². The molecule has 2 heterocycles. The summed E-state index contributed by atoms with van der Waals surface area (Å²) in [5.41, 5.74) is 2.01. The van der Waals surface area contributed by atoms with Gasteiger partial charge in [0.05, 0.1) is 11.1 Å². The number of thiophene rings is 1. The van der Waals surface area contributed by atoms with Crippen LogP contribution in [0.2, 0.25) is 0 Å². The Kier molecular flexibility index (Phi) is 2.25. The summed E-state index contributed by atoms with van der Waals surface area (Å²) in [6, 6.07) is 13.0. The molecule has 0 aliphatic heterocycles. The van der Waals surface area contributed by atoms with E-state index in [1.165, 1.54) is 0 Å². The van der Waals surface area contributed by atoms with E-state index in [2.05, 4.69) is 9.97 Å². The van der Waals surface area contributed by atoms with Crippen LogP contribution >= 0.6 is 11.3 Å². The summed E-state index contributed by atoms with van der Waals surface area (Å²) in [5, 5.41) is 10.3. The van der Waals surface area contributed by atoms with Gasteiger partial charge in [0.25, 0.3) is 0 Å². The summed E-state index contributed by atoms with van der Waals surface area (Å²) in [6.45, 7) is 0. The van der Waals surface area contributed by atoms with Gasteiger partial charge in [-0.2, -0.15) is 0 Å². The largest absolute Gasteiger partial charge is 0.478 e. The minimum Gasteiger partial charge on any atom is -0.478 e. The van der Waals surface area contributed by atoms with Crippen LogP contribution in [0.3, 0.4) is 0 Å². The Morgan fingerprint density at radius 2 is 1.85 bits per heavy atom. The van der Waals surface area contributed by atoms with E-state index in [-0.39, 0.29) is 5.56 Å². The van der Waals surface area contributed by atoms with E-state index in [1.54, 1.807) is 29.5 Å². The Morgan fingerprint density at radius 1 is 1.00 bits per heavy atom. The second-order valence-corrected chi connectivity index (χ2v) is 5.48. The molecule has 0 amide bonds. The zero-order valence-electron chi connectivity index (χ0n) is 10.2. The van der Waals surface area contributed by atoms with Gasteiger partial charge in [-0.1, -0.05) is 24.3 Å². The van der Waals surface area contributed by atoms with Gasteiger partial charge in [-0.05, 0) is 18.2 Å². The van der Waals surface area contributed by atoms with E-state index in [0.29, 0.717) is 11.0 Å². The summed E-state index contributed by atoms with van der Waals surface area (Å²) in [7, 11) is 0. The van der Waals surface area contributed by atoms with Crippen molar-refractivity contribution in [3.05, 3.63) is 48.0 Å². The summed E-state index contributed by atoms with van der Waals surface area (Å²) in [5.74, 6) is -0.983. The van der Waals surface area contributed by atoms with E-state index in [0.717, 1.165) is 20.4 Å². The molecule has 0 aliphatic carbocycles. The monoisotopic (exact) mass is 280 g/mol. The number of para-hydroxylation sites is 1. The van der Waals surface area contributed by atoms with Crippen molar-refractivity contribution < 1.29 is 9.90 Å². The third kappa shape index (κ3) is 1.50. The highest BCUT2D eigenvalue weighted by molar-refractivity contribution is 7.25. The van der Waals surface area contributed by atoms with Crippen LogP contribution in [0.15, 0.2) is 42.5 Å². The molecule has 0 fully saturated rings. The van der Waals surface area contributed by atoms with Gasteiger partial charge in [-0.3, -0.25) is 0 Å². The Hall–Kier alpha value is -2.53. The molecule has 2 aromatic heterocycles. The Bertz CT molecular complexity index is 991. The van der Waals surface area contributed by atoms with Crippen molar-refractivity contribution in [2.75, 3.05) is 0 Å². The Labute approximate surface area is 117 Å². The third-order valence-corrected chi connectivity index (χ3v) is 4.30. The lowest BCUT2D eigenvalue weighted by molar-refractivity contribution is 0.0699. The lowest BCUT2D eigenvalue weighted by atomic mass is 10.1. The number of hydrogen-bond donors (Lipinski definition) is 1. The van der Waals surface area contributed by atoms with Gasteiger partial charge in [0.15, 0.2) is 0 Å². The van der Waals surface area contributed by atoms with Crippen LogP contribution < -0.4 is 0 Å². The minimum atomic E-state index is -0.983. The van der Waals surface area contributed by atoms with E-state index >= 15 is 0 Å². The average Bonchev–Trinajstić information content (AvgIpc) is 2.81. The molecule has 1 N–H and O–H groups in total. The second kappa shape index (κ2) is 3.98. The standard InChI is InChI=1S/C15H8N2O2S/c18-15(19)9-5-3-6-10-12(9)17-13-8-4-1-2-7-11(8)20-14(13)16-10/h1-7H,(H,18,19). The number of carboxylic acids is 1. The van der Waals surface area contributed by atoms with Crippen LogP contribution in [0.5, 0.6) is 0 Å². The lowest BCUT2D eigenvalue weighted by Gasteiger charge is -2.01. The number of benzene rings is 2. The number of fused-ring (bicyclic) bond motifs is 4. The number of aromatic carboxylic acids is 1. The fourth-order valence-corrected chi connectivity index (χ4v) is 3.36. The first-order chi connectivity index (χ1) is 9.74. The fraction of sp³-hybridized carbons (Fsp3) is 0. The van der Waals surface area contributed by atoms with Crippen LogP contribution in [0.1, 0.15) is 10.4 Å². The normalized spacial score (nSPS) is 11.4. The van der Waals surface area contributed by atoms with E-state index in [9.17, 15) is 9.90 Å². The molecule has 0 unspecified atom stereocenters. The molecule has 0 aliphatic rings. The number of nitrogens with zero attached hydrogens (tertiary/aromatic N) is 2.